The first kappa shape index (κ1) is 23.6. The first-order valence-corrected chi connectivity index (χ1v) is 10.4. The fourth-order valence-corrected chi connectivity index (χ4v) is 4.10. The third-order valence-electron chi connectivity index (χ3n) is 4.14. The Hall–Kier alpha value is -3.05. The van der Waals surface area contributed by atoms with Crippen molar-refractivity contribution in [2.75, 3.05) is 18.1 Å². The molecule has 0 unspecified atom stereocenters. The van der Waals surface area contributed by atoms with Crippen molar-refractivity contribution in [3.8, 4) is 11.5 Å². The van der Waals surface area contributed by atoms with E-state index in [2.05, 4.69) is 0 Å². The number of hydrogen-bond donors (Lipinski definition) is 1. The van der Waals surface area contributed by atoms with Crippen molar-refractivity contribution >= 4 is 51.9 Å². The predicted octanol–water partition coefficient (Wildman–Crippen LogP) is 4.97. The molecule has 1 heterocycles. The third-order valence-corrected chi connectivity index (χ3v) is 5.44. The molecule has 1 amide bonds. The fourth-order valence-electron chi connectivity index (χ4n) is 2.80. The van der Waals surface area contributed by atoms with Gasteiger partial charge in [-0.3, -0.25) is 9.69 Å². The number of aliphatic carboxylic acids is 1. The second-order valence-electron chi connectivity index (χ2n) is 6.39. The SMILES string of the molecule is CCOc1cc(/C=C2/SC(=S)N(c3cccc(C(F)(F)F)c3)C2=O)ccc1OCC(=O)O. The van der Waals surface area contributed by atoms with Crippen LogP contribution in [0.4, 0.5) is 18.9 Å². The van der Waals surface area contributed by atoms with Gasteiger partial charge in [0.2, 0.25) is 0 Å². The Morgan fingerprint density at radius 2 is 1.94 bits per heavy atom. The van der Waals surface area contributed by atoms with Crippen molar-refractivity contribution in [1.29, 1.82) is 0 Å². The third kappa shape index (κ3) is 5.40. The Kier molecular flexibility index (Phi) is 7.09. The molecule has 6 nitrogen and oxygen atoms in total. The number of anilines is 1. The molecule has 1 fully saturated rings. The molecular formula is C21H16F3NO5S2. The number of benzene rings is 2. The van der Waals surface area contributed by atoms with Gasteiger partial charge in [-0.1, -0.05) is 36.1 Å². The highest BCUT2D eigenvalue weighted by atomic mass is 32.2. The largest absolute Gasteiger partial charge is 0.490 e. The molecule has 32 heavy (non-hydrogen) atoms. The summed E-state index contributed by atoms with van der Waals surface area (Å²) in [6.07, 6.45) is -3.03. The lowest BCUT2D eigenvalue weighted by Crippen LogP contribution is -2.27. The summed E-state index contributed by atoms with van der Waals surface area (Å²) in [6.45, 7) is 1.49. The average Bonchev–Trinajstić information content (AvgIpc) is 3.00. The van der Waals surface area contributed by atoms with E-state index in [-0.39, 0.29) is 26.4 Å². The lowest BCUT2D eigenvalue weighted by Gasteiger charge is -2.16. The molecule has 0 saturated carbocycles. The van der Waals surface area contributed by atoms with E-state index in [0.29, 0.717) is 12.2 Å². The zero-order valence-corrected chi connectivity index (χ0v) is 18.1. The van der Waals surface area contributed by atoms with Gasteiger partial charge < -0.3 is 14.6 Å². The van der Waals surface area contributed by atoms with Crippen LogP contribution in [0.5, 0.6) is 11.5 Å². The maximum absolute atomic E-state index is 13.0. The van der Waals surface area contributed by atoms with Crippen LogP contribution in [-0.4, -0.2) is 34.5 Å². The van der Waals surface area contributed by atoms with E-state index in [9.17, 15) is 22.8 Å². The maximum atomic E-state index is 13.0. The minimum atomic E-state index is -4.55. The lowest BCUT2D eigenvalue weighted by molar-refractivity contribution is -0.139. The van der Waals surface area contributed by atoms with Crippen LogP contribution in [0.3, 0.4) is 0 Å². The number of carbonyl (C=O) groups excluding carboxylic acids is 1. The van der Waals surface area contributed by atoms with Crippen molar-refractivity contribution < 1.29 is 37.3 Å². The van der Waals surface area contributed by atoms with Gasteiger partial charge >= 0.3 is 12.1 Å². The molecule has 0 spiro atoms. The van der Waals surface area contributed by atoms with Gasteiger partial charge in [0.1, 0.15) is 0 Å². The normalized spacial score (nSPS) is 15.4. The van der Waals surface area contributed by atoms with E-state index in [0.717, 1.165) is 28.8 Å². The van der Waals surface area contributed by atoms with Crippen LogP contribution in [0.1, 0.15) is 18.1 Å². The van der Waals surface area contributed by atoms with Crippen LogP contribution in [-0.2, 0) is 15.8 Å². The first-order chi connectivity index (χ1) is 15.1. The molecule has 0 aromatic heterocycles. The van der Waals surface area contributed by atoms with Gasteiger partial charge in [0.15, 0.2) is 22.4 Å². The van der Waals surface area contributed by atoms with Crippen LogP contribution >= 0.6 is 24.0 Å². The molecule has 1 aliphatic rings. The molecule has 3 rings (SSSR count). The highest BCUT2D eigenvalue weighted by Gasteiger charge is 2.36. The van der Waals surface area contributed by atoms with E-state index < -0.39 is 30.2 Å². The Bertz CT molecular complexity index is 1100. The molecule has 0 aliphatic carbocycles. The Labute approximate surface area is 190 Å². The van der Waals surface area contributed by atoms with Crippen LogP contribution in [0.2, 0.25) is 0 Å². The quantitative estimate of drug-likeness (QED) is 0.440. The van der Waals surface area contributed by atoms with Crippen molar-refractivity contribution in [2.24, 2.45) is 0 Å². The van der Waals surface area contributed by atoms with Gasteiger partial charge in [0.25, 0.3) is 5.91 Å². The number of thiocarbonyl (C=S) groups is 1. The molecule has 0 bridgehead atoms. The molecule has 1 aliphatic heterocycles. The fraction of sp³-hybridized carbons (Fsp3) is 0.190. The zero-order valence-electron chi connectivity index (χ0n) is 16.5. The number of halogens is 3. The maximum Gasteiger partial charge on any atom is 0.416 e. The second-order valence-corrected chi connectivity index (χ2v) is 8.06. The minimum absolute atomic E-state index is 0.0261. The van der Waals surface area contributed by atoms with Gasteiger partial charge in [-0.2, -0.15) is 13.2 Å². The standard InChI is InChI=1S/C21H16F3NO5S2/c1-2-29-16-8-12(6-7-15(16)30-11-18(26)27)9-17-19(28)25(20(31)32-17)14-5-3-4-13(10-14)21(22,23)24/h3-10H,2,11H2,1H3,(H,26,27)/b17-9+. The molecule has 0 atom stereocenters. The Balaban J connectivity index is 1.89. The highest BCUT2D eigenvalue weighted by molar-refractivity contribution is 8.27. The number of alkyl halides is 3. The van der Waals surface area contributed by atoms with Gasteiger partial charge in [0.05, 0.1) is 22.8 Å². The Morgan fingerprint density at radius 3 is 2.59 bits per heavy atom. The summed E-state index contributed by atoms with van der Waals surface area (Å²) in [5.74, 6) is -1.18. The van der Waals surface area contributed by atoms with Crippen molar-refractivity contribution in [1.82, 2.24) is 0 Å². The van der Waals surface area contributed by atoms with Gasteiger partial charge in [-0.15, -0.1) is 0 Å². The number of thioether (sulfide) groups is 1. The summed E-state index contributed by atoms with van der Waals surface area (Å²) >= 11 is 6.18. The zero-order chi connectivity index (χ0) is 23.5. The number of carbonyl (C=O) groups is 2. The van der Waals surface area contributed by atoms with E-state index >= 15 is 0 Å². The van der Waals surface area contributed by atoms with Crippen molar-refractivity contribution in [3.05, 3.63) is 58.5 Å². The van der Waals surface area contributed by atoms with Crippen molar-refractivity contribution in [2.45, 2.75) is 13.1 Å². The monoisotopic (exact) mass is 483 g/mol. The summed E-state index contributed by atoms with van der Waals surface area (Å²) in [5, 5.41) is 8.78. The molecule has 1 saturated heterocycles. The number of amides is 1. The summed E-state index contributed by atoms with van der Waals surface area (Å²) < 4.78 is 49.9. The lowest BCUT2D eigenvalue weighted by atomic mass is 10.1. The summed E-state index contributed by atoms with van der Waals surface area (Å²) in [6, 6.07) is 9.05. The molecule has 168 valence electrons. The highest BCUT2D eigenvalue weighted by Crippen LogP contribution is 2.39. The Morgan fingerprint density at radius 1 is 1.19 bits per heavy atom. The van der Waals surface area contributed by atoms with E-state index in [1.807, 2.05) is 0 Å². The predicted molar refractivity (Wildman–Crippen MR) is 118 cm³/mol. The summed E-state index contributed by atoms with van der Waals surface area (Å²) in [4.78, 5) is 24.9. The van der Waals surface area contributed by atoms with Gasteiger partial charge in [0, 0.05) is 0 Å². The number of carboxylic acids is 1. The number of ether oxygens (including phenoxy) is 2. The smallest absolute Gasteiger partial charge is 0.416 e. The number of nitrogens with zero attached hydrogens (tertiary/aromatic N) is 1. The molecule has 1 N–H and O–H groups in total. The van der Waals surface area contributed by atoms with Gasteiger partial charge in [-0.05, 0) is 48.9 Å². The summed E-state index contributed by atoms with van der Waals surface area (Å²) in [7, 11) is 0. The van der Waals surface area contributed by atoms with Gasteiger partial charge in [-0.25, -0.2) is 4.79 Å². The second kappa shape index (κ2) is 9.61. The van der Waals surface area contributed by atoms with Crippen LogP contribution in [0.15, 0.2) is 47.4 Å². The van der Waals surface area contributed by atoms with Crippen LogP contribution < -0.4 is 14.4 Å². The average molecular weight is 483 g/mol. The van der Waals surface area contributed by atoms with E-state index in [1.165, 1.54) is 24.3 Å². The van der Waals surface area contributed by atoms with E-state index in [1.54, 1.807) is 19.1 Å². The van der Waals surface area contributed by atoms with Crippen LogP contribution in [0, 0.1) is 0 Å². The van der Waals surface area contributed by atoms with E-state index in [4.69, 9.17) is 26.8 Å². The van der Waals surface area contributed by atoms with Crippen molar-refractivity contribution in [3.63, 3.8) is 0 Å². The molecule has 0 radical (unpaired) electrons. The summed E-state index contributed by atoms with van der Waals surface area (Å²) in [5.41, 5.74) is -0.315. The molecule has 2 aromatic rings. The molecule has 11 heteroatoms. The topological polar surface area (TPSA) is 76.1 Å². The number of carboxylic acid groups (broad SMARTS) is 1. The minimum Gasteiger partial charge on any atom is -0.490 e. The molecular weight excluding hydrogens is 467 g/mol. The first-order valence-electron chi connectivity index (χ1n) is 9.17. The van der Waals surface area contributed by atoms with Crippen LogP contribution in [0.25, 0.3) is 6.08 Å². The number of rotatable bonds is 7. The number of hydrogen-bond acceptors (Lipinski definition) is 6. The molecule has 2 aromatic carbocycles.